The van der Waals surface area contributed by atoms with Gasteiger partial charge in [-0.15, -0.1) is 0 Å². The van der Waals surface area contributed by atoms with Crippen molar-refractivity contribution in [2.24, 2.45) is 5.73 Å². The third kappa shape index (κ3) is 3.58. The summed E-state index contributed by atoms with van der Waals surface area (Å²) in [5.41, 5.74) is 6.61. The predicted molar refractivity (Wildman–Crippen MR) is 92.0 cm³/mol. The first kappa shape index (κ1) is 16.5. The van der Waals surface area contributed by atoms with Crippen molar-refractivity contribution in [3.05, 3.63) is 34.3 Å². The maximum atomic E-state index is 12.8. The number of halogens is 1. The molecule has 124 valence electrons. The quantitative estimate of drug-likeness (QED) is 0.854. The van der Waals surface area contributed by atoms with Crippen LogP contribution >= 0.6 is 15.9 Å². The van der Waals surface area contributed by atoms with Crippen LogP contribution in [0.1, 0.15) is 36.0 Å². The van der Waals surface area contributed by atoms with E-state index in [1.54, 1.807) is 17.0 Å². The molecule has 1 aromatic carbocycles. The van der Waals surface area contributed by atoms with E-state index in [-0.39, 0.29) is 23.9 Å². The summed E-state index contributed by atoms with van der Waals surface area (Å²) in [4.78, 5) is 29.1. The summed E-state index contributed by atoms with van der Waals surface area (Å²) in [6.07, 6.45) is 3.53. The van der Waals surface area contributed by atoms with E-state index < -0.39 is 0 Å². The van der Waals surface area contributed by atoms with Gasteiger partial charge in [-0.2, -0.15) is 0 Å². The normalized spacial score (nSPS) is 24.8. The average molecular weight is 380 g/mol. The van der Waals surface area contributed by atoms with E-state index >= 15 is 0 Å². The molecule has 2 amide bonds. The zero-order valence-corrected chi connectivity index (χ0v) is 14.7. The molecule has 0 bridgehead atoms. The van der Waals surface area contributed by atoms with E-state index in [0.717, 1.165) is 36.7 Å². The van der Waals surface area contributed by atoms with Gasteiger partial charge in [0.2, 0.25) is 5.91 Å². The van der Waals surface area contributed by atoms with Gasteiger partial charge in [-0.05, 0) is 49.9 Å². The lowest BCUT2D eigenvalue weighted by atomic mass is 10.0. The second-order valence-corrected chi connectivity index (χ2v) is 7.27. The van der Waals surface area contributed by atoms with E-state index in [9.17, 15) is 9.59 Å². The molecular weight excluding hydrogens is 358 g/mol. The van der Waals surface area contributed by atoms with Crippen molar-refractivity contribution < 1.29 is 9.59 Å². The molecule has 0 saturated carbocycles. The fraction of sp³-hybridized carbons (Fsp3) is 0.529. The summed E-state index contributed by atoms with van der Waals surface area (Å²) in [5, 5.41) is 0. The molecule has 2 aliphatic rings. The summed E-state index contributed by atoms with van der Waals surface area (Å²) in [6, 6.07) is 7.01. The van der Waals surface area contributed by atoms with Crippen LogP contribution < -0.4 is 5.73 Å². The number of nitrogens with zero attached hydrogens (tertiary/aromatic N) is 2. The minimum absolute atomic E-state index is 0.0584. The van der Waals surface area contributed by atoms with Gasteiger partial charge in [0.15, 0.2) is 0 Å². The first-order valence-electron chi connectivity index (χ1n) is 8.17. The Balaban J connectivity index is 1.73. The summed E-state index contributed by atoms with van der Waals surface area (Å²) >= 11 is 3.37. The highest BCUT2D eigenvalue weighted by Gasteiger charge is 2.37. The molecular formula is C17H22BrN3O2. The van der Waals surface area contributed by atoms with Crippen molar-refractivity contribution in [2.45, 2.75) is 37.8 Å². The lowest BCUT2D eigenvalue weighted by Crippen LogP contribution is -2.53. The summed E-state index contributed by atoms with van der Waals surface area (Å²) in [7, 11) is 0. The fourth-order valence-corrected chi connectivity index (χ4v) is 3.71. The molecule has 2 fully saturated rings. The first-order chi connectivity index (χ1) is 11.1. The van der Waals surface area contributed by atoms with Crippen LogP contribution in [-0.2, 0) is 4.79 Å². The van der Waals surface area contributed by atoms with Gasteiger partial charge < -0.3 is 15.5 Å². The molecule has 6 heteroatoms. The molecule has 2 saturated heterocycles. The molecule has 2 heterocycles. The molecule has 0 spiro atoms. The van der Waals surface area contributed by atoms with Crippen LogP contribution in [-0.4, -0.2) is 53.3 Å². The minimum atomic E-state index is -0.337. The van der Waals surface area contributed by atoms with Crippen LogP contribution in [0.2, 0.25) is 0 Å². The number of carbonyl (C=O) groups is 2. The number of hydrogen-bond acceptors (Lipinski definition) is 3. The highest BCUT2D eigenvalue weighted by Crippen LogP contribution is 2.24. The number of carbonyl (C=O) groups excluding carboxylic acids is 2. The van der Waals surface area contributed by atoms with Crippen LogP contribution in [0.25, 0.3) is 0 Å². The molecule has 3 rings (SSSR count). The molecule has 0 aliphatic carbocycles. The van der Waals surface area contributed by atoms with Crippen molar-refractivity contribution in [1.82, 2.24) is 9.80 Å². The Bertz CT molecular complexity index is 590. The van der Waals surface area contributed by atoms with Gasteiger partial charge in [-0.3, -0.25) is 9.59 Å². The van der Waals surface area contributed by atoms with Crippen molar-refractivity contribution >= 4 is 27.7 Å². The largest absolute Gasteiger partial charge is 0.339 e. The average Bonchev–Trinajstić information content (AvgIpc) is 3.03. The molecule has 2 unspecified atom stereocenters. The number of nitrogens with two attached hydrogens (primary N) is 1. The Morgan fingerprint density at radius 2 is 1.78 bits per heavy atom. The lowest BCUT2D eigenvalue weighted by Gasteiger charge is -2.35. The summed E-state index contributed by atoms with van der Waals surface area (Å²) in [5.74, 6) is -0.00207. The maximum absolute atomic E-state index is 12.8. The molecule has 0 aromatic heterocycles. The topological polar surface area (TPSA) is 66.6 Å². The molecule has 1 aromatic rings. The zero-order chi connectivity index (χ0) is 16.4. The molecule has 5 nitrogen and oxygen atoms in total. The van der Waals surface area contributed by atoms with Gasteiger partial charge in [-0.25, -0.2) is 0 Å². The fourth-order valence-electron chi connectivity index (χ4n) is 3.45. The zero-order valence-electron chi connectivity index (χ0n) is 13.1. The number of likely N-dealkylation sites (tertiary alicyclic amines) is 2. The Hall–Kier alpha value is -1.40. The smallest absolute Gasteiger partial charge is 0.254 e. The molecule has 2 aliphatic heterocycles. The van der Waals surface area contributed by atoms with Crippen LogP contribution in [0, 0.1) is 0 Å². The maximum Gasteiger partial charge on any atom is 0.254 e. The lowest BCUT2D eigenvalue weighted by molar-refractivity contribution is -0.136. The van der Waals surface area contributed by atoms with Crippen LogP contribution in [0.15, 0.2) is 28.7 Å². The van der Waals surface area contributed by atoms with Gasteiger partial charge in [0.05, 0.1) is 0 Å². The third-order valence-corrected chi connectivity index (χ3v) is 5.19. The number of benzene rings is 1. The van der Waals surface area contributed by atoms with E-state index in [4.69, 9.17) is 5.73 Å². The van der Waals surface area contributed by atoms with E-state index in [1.165, 1.54) is 0 Å². The second kappa shape index (κ2) is 7.01. The molecule has 2 N–H and O–H groups in total. The summed E-state index contributed by atoms with van der Waals surface area (Å²) < 4.78 is 0.936. The van der Waals surface area contributed by atoms with Gasteiger partial charge in [0.1, 0.15) is 6.04 Å². The first-order valence-corrected chi connectivity index (χ1v) is 8.96. The second-order valence-electron chi connectivity index (χ2n) is 6.35. The van der Waals surface area contributed by atoms with E-state index in [1.807, 2.05) is 17.0 Å². The number of piperidine rings is 1. The number of hydrogen-bond donors (Lipinski definition) is 1. The van der Waals surface area contributed by atoms with E-state index in [0.29, 0.717) is 18.7 Å². The number of rotatable bonds is 2. The van der Waals surface area contributed by atoms with Crippen molar-refractivity contribution in [3.8, 4) is 0 Å². The van der Waals surface area contributed by atoms with Gasteiger partial charge in [0, 0.05) is 35.7 Å². The van der Waals surface area contributed by atoms with Gasteiger partial charge in [-0.1, -0.05) is 15.9 Å². The van der Waals surface area contributed by atoms with Crippen LogP contribution in [0.4, 0.5) is 0 Å². The standard InChI is InChI=1S/C17H22BrN3O2/c18-13-7-5-12(6-8-13)16(22)21-10-2-4-15(21)17(23)20-9-1-3-14(19)11-20/h5-8,14-15H,1-4,9-11,19H2. The highest BCUT2D eigenvalue weighted by atomic mass is 79.9. The minimum Gasteiger partial charge on any atom is -0.339 e. The SMILES string of the molecule is NC1CCCN(C(=O)C2CCCN2C(=O)c2ccc(Br)cc2)C1. The van der Waals surface area contributed by atoms with Gasteiger partial charge >= 0.3 is 0 Å². The Morgan fingerprint density at radius 3 is 2.48 bits per heavy atom. The highest BCUT2D eigenvalue weighted by molar-refractivity contribution is 9.10. The number of amides is 2. The van der Waals surface area contributed by atoms with Crippen LogP contribution in [0.5, 0.6) is 0 Å². The molecule has 2 atom stereocenters. The van der Waals surface area contributed by atoms with Crippen molar-refractivity contribution in [2.75, 3.05) is 19.6 Å². The summed E-state index contributed by atoms with van der Waals surface area (Å²) in [6.45, 7) is 2.00. The van der Waals surface area contributed by atoms with Crippen molar-refractivity contribution in [3.63, 3.8) is 0 Å². The molecule has 23 heavy (non-hydrogen) atoms. The Labute approximate surface area is 144 Å². The third-order valence-electron chi connectivity index (χ3n) is 4.66. The predicted octanol–water partition coefficient (Wildman–Crippen LogP) is 2.00. The Morgan fingerprint density at radius 1 is 1.09 bits per heavy atom. The Kier molecular flexibility index (Phi) is 5.02. The van der Waals surface area contributed by atoms with Gasteiger partial charge in [0.25, 0.3) is 5.91 Å². The monoisotopic (exact) mass is 379 g/mol. The van der Waals surface area contributed by atoms with Crippen molar-refractivity contribution in [1.29, 1.82) is 0 Å². The van der Waals surface area contributed by atoms with Crippen LogP contribution in [0.3, 0.4) is 0 Å². The van der Waals surface area contributed by atoms with E-state index in [2.05, 4.69) is 15.9 Å². The molecule has 0 radical (unpaired) electrons.